The van der Waals surface area contributed by atoms with E-state index < -0.39 is 42.5 Å². The van der Waals surface area contributed by atoms with Crippen molar-refractivity contribution in [1.82, 2.24) is 0 Å². The first-order valence-electron chi connectivity index (χ1n) is 10.5. The van der Waals surface area contributed by atoms with Crippen molar-refractivity contribution in [2.24, 2.45) is 5.73 Å². The molecule has 0 radical (unpaired) electrons. The first-order chi connectivity index (χ1) is 16.0. The molecule has 12 heteroatoms. The van der Waals surface area contributed by atoms with Crippen LogP contribution < -0.4 is 15.2 Å². The molecule has 1 aromatic rings. The maximum Gasteiger partial charge on any atom is 0.513 e. The van der Waals surface area contributed by atoms with E-state index in [1.807, 2.05) is 6.92 Å². The van der Waals surface area contributed by atoms with E-state index in [1.165, 1.54) is 18.2 Å². The Kier molecular flexibility index (Phi) is 11.6. The van der Waals surface area contributed by atoms with Gasteiger partial charge >= 0.3 is 24.4 Å². The van der Waals surface area contributed by atoms with Gasteiger partial charge in [0.25, 0.3) is 0 Å². The van der Waals surface area contributed by atoms with E-state index >= 15 is 0 Å². The Labute approximate surface area is 197 Å². The van der Waals surface area contributed by atoms with Gasteiger partial charge in [0.15, 0.2) is 11.5 Å². The number of hydrogen-bond donors (Lipinski definition) is 2. The van der Waals surface area contributed by atoms with Crippen molar-refractivity contribution in [3.63, 3.8) is 0 Å². The summed E-state index contributed by atoms with van der Waals surface area (Å²) in [6, 6.07) is 2.58. The number of carboxylic acid groups (broad SMARTS) is 1. The zero-order valence-electron chi connectivity index (χ0n) is 19.8. The van der Waals surface area contributed by atoms with Crippen molar-refractivity contribution in [1.29, 1.82) is 0 Å². The molecule has 0 aliphatic rings. The van der Waals surface area contributed by atoms with E-state index in [-0.39, 0.29) is 24.0 Å². The Bertz CT molecular complexity index is 857. The van der Waals surface area contributed by atoms with Crippen LogP contribution in [-0.2, 0) is 23.7 Å². The van der Waals surface area contributed by atoms with Crippen molar-refractivity contribution in [2.75, 3.05) is 14.2 Å². The van der Waals surface area contributed by atoms with Crippen LogP contribution in [0.4, 0.5) is 14.4 Å². The third kappa shape index (κ3) is 9.14. The van der Waals surface area contributed by atoms with Crippen LogP contribution in [0.1, 0.15) is 51.5 Å². The fourth-order valence-corrected chi connectivity index (χ4v) is 3.07. The second kappa shape index (κ2) is 13.9. The summed E-state index contributed by atoms with van der Waals surface area (Å²) in [7, 11) is 2.17. The number of nitrogens with two attached hydrogens (primary N) is 1. The molecule has 0 fully saturated rings. The molecule has 0 saturated carbocycles. The number of hydrogen-bond acceptors (Lipinski definition) is 11. The van der Waals surface area contributed by atoms with Crippen LogP contribution in [0, 0.1) is 0 Å². The van der Waals surface area contributed by atoms with Gasteiger partial charge in [0, 0.05) is 5.92 Å². The summed E-state index contributed by atoms with van der Waals surface area (Å²) >= 11 is 0. The van der Waals surface area contributed by atoms with E-state index in [4.69, 9.17) is 24.7 Å². The summed E-state index contributed by atoms with van der Waals surface area (Å²) in [6.45, 7) is 5.25. The molecule has 190 valence electrons. The average Bonchev–Trinajstić information content (AvgIpc) is 2.77. The highest BCUT2D eigenvalue weighted by Crippen LogP contribution is 2.35. The minimum absolute atomic E-state index is 0.000402. The van der Waals surface area contributed by atoms with Gasteiger partial charge in [-0.05, 0) is 44.4 Å². The molecule has 0 heterocycles. The molecule has 3 unspecified atom stereocenters. The summed E-state index contributed by atoms with van der Waals surface area (Å²) in [5.41, 5.74) is 6.21. The predicted molar refractivity (Wildman–Crippen MR) is 117 cm³/mol. The maximum atomic E-state index is 12.0. The molecule has 0 saturated heterocycles. The molecule has 4 atom stereocenters. The van der Waals surface area contributed by atoms with Gasteiger partial charge in [-0.15, -0.1) is 0 Å². The highest BCUT2D eigenvalue weighted by molar-refractivity contribution is 5.75. The minimum Gasteiger partial charge on any atom is -0.480 e. The first-order valence-corrected chi connectivity index (χ1v) is 10.5. The number of methoxy groups -OCH3 is 2. The maximum absolute atomic E-state index is 12.0. The largest absolute Gasteiger partial charge is 0.513 e. The average molecular weight is 485 g/mol. The van der Waals surface area contributed by atoms with Gasteiger partial charge < -0.3 is 39.3 Å². The lowest BCUT2D eigenvalue weighted by Crippen LogP contribution is -2.38. The Morgan fingerprint density at radius 1 is 0.912 bits per heavy atom. The number of benzene rings is 1. The number of carbonyl (C=O) groups is 4. The molecule has 0 bridgehead atoms. The topological polar surface area (TPSA) is 170 Å². The van der Waals surface area contributed by atoms with Crippen LogP contribution in [0.25, 0.3) is 0 Å². The normalized spacial score (nSPS) is 14.1. The standard InChI is InChI=1S/C22H31NO11/c1-6-7-12(2)31-22(28)32-13(3)10-15(18(23)19(24)25)14-8-9-16(33-20(26)29-4)17(11-14)34-21(27)30-5/h8-9,11-13,15,18H,6-7,10,23H2,1-5H3,(H,24,25)/t12?,13?,15?,18-/m0/s1. The second-order valence-corrected chi connectivity index (χ2v) is 7.42. The van der Waals surface area contributed by atoms with Crippen LogP contribution in [0.5, 0.6) is 11.5 Å². The van der Waals surface area contributed by atoms with Crippen molar-refractivity contribution >= 4 is 24.4 Å². The molecule has 0 aliphatic heterocycles. The van der Waals surface area contributed by atoms with E-state index in [2.05, 4.69) is 9.47 Å². The summed E-state index contributed by atoms with van der Waals surface area (Å²) in [6.07, 6.45) is -2.67. The number of ether oxygens (including phenoxy) is 6. The Morgan fingerprint density at radius 3 is 2.00 bits per heavy atom. The van der Waals surface area contributed by atoms with Crippen LogP contribution >= 0.6 is 0 Å². The highest BCUT2D eigenvalue weighted by atomic mass is 16.7. The molecule has 34 heavy (non-hydrogen) atoms. The molecule has 0 spiro atoms. The lowest BCUT2D eigenvalue weighted by molar-refractivity contribution is -0.139. The van der Waals surface area contributed by atoms with Crippen LogP contribution in [0.3, 0.4) is 0 Å². The van der Waals surface area contributed by atoms with E-state index in [9.17, 15) is 24.3 Å². The monoisotopic (exact) mass is 485 g/mol. The van der Waals surface area contributed by atoms with Crippen molar-refractivity contribution in [2.45, 2.75) is 64.2 Å². The van der Waals surface area contributed by atoms with E-state index in [1.54, 1.807) is 13.8 Å². The lowest BCUT2D eigenvalue weighted by atomic mass is 9.87. The quantitative estimate of drug-likeness (QED) is 0.265. The Hall–Kier alpha value is -3.54. The van der Waals surface area contributed by atoms with Gasteiger partial charge in [0.1, 0.15) is 18.2 Å². The van der Waals surface area contributed by atoms with Gasteiger partial charge in [-0.25, -0.2) is 14.4 Å². The van der Waals surface area contributed by atoms with Gasteiger partial charge in [-0.2, -0.15) is 0 Å². The molecule has 1 aromatic carbocycles. The molecule has 0 amide bonds. The number of carboxylic acids is 1. The third-order valence-corrected chi connectivity index (χ3v) is 4.71. The Balaban J connectivity index is 3.19. The number of carbonyl (C=O) groups excluding carboxylic acids is 3. The fourth-order valence-electron chi connectivity index (χ4n) is 3.07. The summed E-state index contributed by atoms with van der Waals surface area (Å²) in [4.78, 5) is 46.8. The molecular formula is C22H31NO11. The molecular weight excluding hydrogens is 454 g/mol. The van der Waals surface area contributed by atoms with Gasteiger partial charge in [-0.1, -0.05) is 19.4 Å². The number of aliphatic carboxylic acids is 1. The van der Waals surface area contributed by atoms with Crippen LogP contribution in [-0.4, -0.2) is 62.0 Å². The second-order valence-electron chi connectivity index (χ2n) is 7.42. The summed E-state index contributed by atoms with van der Waals surface area (Å²) < 4.78 is 29.3. The Morgan fingerprint density at radius 2 is 1.47 bits per heavy atom. The molecule has 3 N–H and O–H groups in total. The highest BCUT2D eigenvalue weighted by Gasteiger charge is 2.30. The first kappa shape index (κ1) is 28.5. The summed E-state index contributed by atoms with van der Waals surface area (Å²) in [5.74, 6) is -2.61. The van der Waals surface area contributed by atoms with Crippen LogP contribution in [0.2, 0.25) is 0 Å². The van der Waals surface area contributed by atoms with Gasteiger partial charge in [0.05, 0.1) is 14.2 Å². The lowest BCUT2D eigenvalue weighted by Gasteiger charge is -2.25. The van der Waals surface area contributed by atoms with Crippen LogP contribution in [0.15, 0.2) is 18.2 Å². The fraction of sp³-hybridized carbons (Fsp3) is 0.545. The van der Waals surface area contributed by atoms with Gasteiger partial charge in [0.2, 0.25) is 0 Å². The minimum atomic E-state index is -1.40. The molecule has 1 rings (SSSR count). The van der Waals surface area contributed by atoms with Crippen molar-refractivity contribution in [3.8, 4) is 11.5 Å². The molecule has 12 nitrogen and oxygen atoms in total. The predicted octanol–water partition coefficient (Wildman–Crippen LogP) is 3.59. The van der Waals surface area contributed by atoms with E-state index in [0.29, 0.717) is 12.0 Å². The molecule has 0 aliphatic carbocycles. The SMILES string of the molecule is CCCC(C)OC(=O)OC(C)CC(c1ccc(OC(=O)OC)c(OC(=O)OC)c1)[C@H](N)C(=O)O. The third-order valence-electron chi connectivity index (χ3n) is 4.71. The van der Waals surface area contributed by atoms with Crippen molar-refractivity contribution < 1.29 is 52.7 Å². The number of rotatable bonds is 11. The molecule has 0 aromatic heterocycles. The van der Waals surface area contributed by atoms with Gasteiger partial charge in [-0.3, -0.25) is 4.79 Å². The van der Waals surface area contributed by atoms with Crippen molar-refractivity contribution in [3.05, 3.63) is 23.8 Å². The summed E-state index contributed by atoms with van der Waals surface area (Å²) in [5, 5.41) is 9.50. The zero-order valence-corrected chi connectivity index (χ0v) is 19.8. The zero-order chi connectivity index (χ0) is 25.8. The smallest absolute Gasteiger partial charge is 0.480 e. The van der Waals surface area contributed by atoms with E-state index in [0.717, 1.165) is 20.6 Å².